The molecule has 70 heavy (non-hydrogen) atoms. The lowest BCUT2D eigenvalue weighted by molar-refractivity contribution is 1.23. The van der Waals surface area contributed by atoms with Crippen molar-refractivity contribution in [1.82, 2.24) is 29.9 Å². The third-order valence-electron chi connectivity index (χ3n) is 13.0. The van der Waals surface area contributed by atoms with E-state index in [0.717, 1.165) is 121 Å². The van der Waals surface area contributed by atoms with Gasteiger partial charge in [-0.25, -0.2) is 29.9 Å². The van der Waals surface area contributed by atoms with E-state index >= 15 is 0 Å². The highest BCUT2D eigenvalue weighted by molar-refractivity contribution is 7.19. The smallest absolute Gasteiger partial charge is 0.160 e. The molecule has 0 N–H and O–H groups in total. The molecule has 8 aromatic carbocycles. The van der Waals surface area contributed by atoms with E-state index in [0.29, 0.717) is 11.6 Å². The van der Waals surface area contributed by atoms with Crippen molar-refractivity contribution in [3.63, 3.8) is 0 Å². The van der Waals surface area contributed by atoms with Gasteiger partial charge in [0, 0.05) is 43.8 Å². The molecule has 0 radical (unpaired) electrons. The predicted octanol–water partition coefficient (Wildman–Crippen LogP) is 16.4. The van der Waals surface area contributed by atoms with Gasteiger partial charge in [0.1, 0.15) is 11.0 Å². The van der Waals surface area contributed by atoms with Crippen LogP contribution in [0.5, 0.6) is 0 Å². The number of benzene rings is 8. The Labute approximate surface area is 408 Å². The standard InChI is InChI=1S/C63H40N6S/c1-39-27-29-43(30-28-39)53-38-51(41-19-9-3-10-20-41)47-32-34-49-57(67-63(45-25-15-6-16-26-45)69-61(49)59(47)65-53)55-36-35-54(70-55)56-48-33-31-46-50(40-17-7-2-8-18-40)37-52(42-21-11-4-12-22-42)64-58(46)60(48)68-62(66-56)44-23-13-5-14-24-44/h2-38H,1H3. The van der Waals surface area contributed by atoms with Crippen LogP contribution in [0.1, 0.15) is 5.56 Å². The average Bonchev–Trinajstić information content (AvgIpc) is 3.93. The lowest BCUT2D eigenvalue weighted by atomic mass is 9.96. The minimum absolute atomic E-state index is 0.633. The molecule has 0 saturated heterocycles. The van der Waals surface area contributed by atoms with Crippen LogP contribution in [0, 0.1) is 6.92 Å². The van der Waals surface area contributed by atoms with E-state index in [4.69, 9.17) is 29.9 Å². The second-order valence-electron chi connectivity index (χ2n) is 17.5. The molecule has 0 aliphatic carbocycles. The van der Waals surface area contributed by atoms with Gasteiger partial charge in [0.05, 0.1) is 43.6 Å². The summed E-state index contributed by atoms with van der Waals surface area (Å²) in [4.78, 5) is 34.4. The van der Waals surface area contributed by atoms with Crippen molar-refractivity contribution in [2.24, 2.45) is 0 Å². The third-order valence-corrected chi connectivity index (χ3v) is 14.1. The van der Waals surface area contributed by atoms with Gasteiger partial charge >= 0.3 is 0 Å². The maximum absolute atomic E-state index is 5.45. The second-order valence-corrected chi connectivity index (χ2v) is 18.6. The first-order valence-electron chi connectivity index (χ1n) is 23.4. The van der Waals surface area contributed by atoms with Crippen molar-refractivity contribution in [2.75, 3.05) is 0 Å². The Bertz CT molecular complexity index is 4090. The molecule has 0 spiro atoms. The number of hydrogen-bond acceptors (Lipinski definition) is 7. The summed E-state index contributed by atoms with van der Waals surface area (Å²) < 4.78 is 0. The summed E-state index contributed by atoms with van der Waals surface area (Å²) in [7, 11) is 0. The van der Waals surface area contributed by atoms with Crippen molar-refractivity contribution in [3.8, 4) is 88.7 Å². The van der Waals surface area contributed by atoms with Crippen molar-refractivity contribution in [1.29, 1.82) is 0 Å². The van der Waals surface area contributed by atoms with Gasteiger partial charge in [0.2, 0.25) is 0 Å². The van der Waals surface area contributed by atoms with Gasteiger partial charge in [-0.15, -0.1) is 11.3 Å². The summed E-state index contributed by atoms with van der Waals surface area (Å²) in [5, 5.41) is 3.89. The van der Waals surface area contributed by atoms with Gasteiger partial charge in [0.15, 0.2) is 11.6 Å². The fourth-order valence-electron chi connectivity index (χ4n) is 9.50. The Morgan fingerprint density at radius 2 is 0.629 bits per heavy atom. The second kappa shape index (κ2) is 17.2. The molecule has 6 nitrogen and oxygen atoms in total. The summed E-state index contributed by atoms with van der Waals surface area (Å²) in [5.74, 6) is 1.27. The molecular weight excluding hydrogens is 873 g/mol. The number of nitrogens with zero attached hydrogens (tertiary/aromatic N) is 6. The van der Waals surface area contributed by atoms with E-state index in [2.05, 4.69) is 189 Å². The molecule has 13 rings (SSSR count). The first-order chi connectivity index (χ1) is 34.6. The van der Waals surface area contributed by atoms with Crippen LogP contribution in [0.15, 0.2) is 224 Å². The van der Waals surface area contributed by atoms with Crippen LogP contribution in [0.2, 0.25) is 0 Å². The van der Waals surface area contributed by atoms with E-state index < -0.39 is 0 Å². The molecule has 7 heteroatoms. The van der Waals surface area contributed by atoms with Crippen LogP contribution in [0.25, 0.3) is 132 Å². The van der Waals surface area contributed by atoms with Gasteiger partial charge in [-0.05, 0) is 65.6 Å². The first-order valence-corrected chi connectivity index (χ1v) is 24.2. The Morgan fingerprint density at radius 1 is 0.286 bits per heavy atom. The molecule has 0 aliphatic heterocycles. The minimum Gasteiger partial charge on any atom is -0.245 e. The Hall–Kier alpha value is -9.04. The van der Waals surface area contributed by atoms with Crippen LogP contribution in [0.3, 0.4) is 0 Å². The molecule has 0 unspecified atom stereocenters. The fraction of sp³-hybridized carbons (Fsp3) is 0.0159. The number of rotatable bonds is 8. The summed E-state index contributed by atoms with van der Waals surface area (Å²) in [6.07, 6.45) is 0. The van der Waals surface area contributed by atoms with Gasteiger partial charge in [-0.1, -0.05) is 194 Å². The topological polar surface area (TPSA) is 77.3 Å². The van der Waals surface area contributed by atoms with Crippen LogP contribution in [0.4, 0.5) is 0 Å². The monoisotopic (exact) mass is 912 g/mol. The fourth-order valence-corrected chi connectivity index (χ4v) is 10.5. The molecule has 0 atom stereocenters. The van der Waals surface area contributed by atoms with Gasteiger partial charge < -0.3 is 0 Å². The highest BCUT2D eigenvalue weighted by Crippen LogP contribution is 2.44. The zero-order chi connectivity index (χ0) is 46.5. The van der Waals surface area contributed by atoms with E-state index in [1.165, 1.54) is 5.56 Å². The Morgan fingerprint density at radius 3 is 1.04 bits per heavy atom. The van der Waals surface area contributed by atoms with Crippen molar-refractivity contribution >= 4 is 54.9 Å². The predicted molar refractivity (Wildman–Crippen MR) is 289 cm³/mol. The van der Waals surface area contributed by atoms with E-state index in [1.807, 2.05) is 42.5 Å². The van der Waals surface area contributed by atoms with Gasteiger partial charge in [-0.3, -0.25) is 0 Å². The van der Waals surface area contributed by atoms with Crippen LogP contribution in [-0.4, -0.2) is 29.9 Å². The third kappa shape index (κ3) is 7.37. The number of aromatic nitrogens is 6. The maximum Gasteiger partial charge on any atom is 0.160 e. The number of fused-ring (bicyclic) bond motifs is 6. The molecule has 328 valence electrons. The van der Waals surface area contributed by atoms with Crippen LogP contribution in [-0.2, 0) is 0 Å². The van der Waals surface area contributed by atoms with Crippen molar-refractivity contribution < 1.29 is 0 Å². The maximum atomic E-state index is 5.45. The first kappa shape index (κ1) is 41.2. The molecule has 0 saturated carbocycles. The summed E-state index contributed by atoms with van der Waals surface area (Å²) in [6, 6.07) is 77.9. The average molecular weight is 913 g/mol. The molecular formula is C63H40N6S. The Balaban J connectivity index is 1.05. The molecule has 5 heterocycles. The summed E-state index contributed by atoms with van der Waals surface area (Å²) in [6.45, 7) is 2.11. The lowest BCUT2D eigenvalue weighted by Crippen LogP contribution is -1.98. The quantitative estimate of drug-likeness (QED) is 0.141. The molecule has 0 amide bonds. The van der Waals surface area contributed by atoms with Crippen molar-refractivity contribution in [2.45, 2.75) is 6.92 Å². The highest BCUT2D eigenvalue weighted by atomic mass is 32.1. The van der Waals surface area contributed by atoms with Crippen LogP contribution < -0.4 is 0 Å². The number of pyridine rings is 2. The van der Waals surface area contributed by atoms with E-state index in [9.17, 15) is 0 Å². The van der Waals surface area contributed by atoms with E-state index in [-0.39, 0.29) is 0 Å². The number of thiophene rings is 1. The molecule has 0 aliphatic rings. The Kier molecular flexibility index (Phi) is 10.1. The normalized spacial score (nSPS) is 11.5. The van der Waals surface area contributed by atoms with Gasteiger partial charge in [-0.2, -0.15) is 0 Å². The zero-order valence-electron chi connectivity index (χ0n) is 38.0. The molecule has 13 aromatic rings. The number of hydrogen-bond donors (Lipinski definition) is 0. The summed E-state index contributed by atoms with van der Waals surface area (Å²) in [5.41, 5.74) is 16.2. The zero-order valence-corrected chi connectivity index (χ0v) is 38.8. The largest absolute Gasteiger partial charge is 0.245 e. The summed E-state index contributed by atoms with van der Waals surface area (Å²) >= 11 is 1.67. The van der Waals surface area contributed by atoms with Gasteiger partial charge in [0.25, 0.3) is 0 Å². The minimum atomic E-state index is 0.633. The molecule has 0 fully saturated rings. The number of aryl methyl sites for hydroxylation is 1. The van der Waals surface area contributed by atoms with Crippen molar-refractivity contribution in [3.05, 3.63) is 230 Å². The molecule has 0 bridgehead atoms. The highest BCUT2D eigenvalue weighted by Gasteiger charge is 2.22. The lowest BCUT2D eigenvalue weighted by Gasteiger charge is -2.15. The SMILES string of the molecule is Cc1ccc(-c2cc(-c3ccccc3)c3ccc4c(-c5ccc(-c6nc(-c7ccccc7)nc7c6ccc6c(-c8ccccc8)cc(-c8ccccc8)nc67)s5)nc(-c5ccccc5)nc4c3n2)cc1. The van der Waals surface area contributed by atoms with Crippen LogP contribution >= 0.6 is 11.3 Å². The van der Waals surface area contributed by atoms with E-state index in [1.54, 1.807) is 11.3 Å². The molecule has 5 aromatic heterocycles.